The van der Waals surface area contributed by atoms with Crippen LogP contribution in [0.2, 0.25) is 0 Å². The molecule has 0 bridgehead atoms. The van der Waals surface area contributed by atoms with E-state index in [0.29, 0.717) is 26.4 Å². The van der Waals surface area contributed by atoms with Crippen molar-refractivity contribution in [1.82, 2.24) is 0 Å². The van der Waals surface area contributed by atoms with Crippen molar-refractivity contribution in [2.24, 2.45) is 5.92 Å². The first-order chi connectivity index (χ1) is 12.2. The number of rotatable bonds is 14. The molecule has 0 aromatic rings. The van der Waals surface area contributed by atoms with E-state index in [1.807, 2.05) is 0 Å². The summed E-state index contributed by atoms with van der Waals surface area (Å²) in [6.07, 6.45) is 5.17. The maximum absolute atomic E-state index is 11.8. The fraction of sp³-hybridized carbons (Fsp3) is 0.947. The summed E-state index contributed by atoms with van der Waals surface area (Å²) in [5.74, 6) is -0.489. The lowest BCUT2D eigenvalue weighted by Gasteiger charge is -2.41. The molecule has 0 unspecified atom stereocenters. The van der Waals surface area contributed by atoms with Crippen molar-refractivity contribution in [1.29, 1.82) is 0 Å². The molecule has 0 radical (unpaired) electrons. The van der Waals surface area contributed by atoms with E-state index < -0.39 is 11.2 Å². The second-order valence-electron chi connectivity index (χ2n) is 6.59. The summed E-state index contributed by atoms with van der Waals surface area (Å²) in [6, 6.07) is 0. The van der Waals surface area contributed by atoms with Gasteiger partial charge in [-0.25, -0.2) is 0 Å². The summed E-state index contributed by atoms with van der Waals surface area (Å²) in [6.45, 7) is 8.99. The molecule has 1 fully saturated rings. The van der Waals surface area contributed by atoms with Gasteiger partial charge in [-0.3, -0.25) is 4.79 Å². The molecule has 25 heavy (non-hydrogen) atoms. The van der Waals surface area contributed by atoms with Crippen LogP contribution in [-0.2, 0) is 23.7 Å². The number of carbonyl (C=O) groups excluding carboxylic acids is 1. The lowest BCUT2D eigenvalue weighted by atomic mass is 9.92. The minimum absolute atomic E-state index is 0.229. The van der Waals surface area contributed by atoms with Crippen LogP contribution in [0.1, 0.15) is 59.3 Å². The van der Waals surface area contributed by atoms with Gasteiger partial charge in [0.05, 0.1) is 25.2 Å². The van der Waals surface area contributed by atoms with E-state index in [1.165, 1.54) is 0 Å². The SMILES string of the molecule is CCCCOC[C@H]1OC[C@@H](C(=O)Cl)[C@@H](OCCCC)[C@H]1OCCCC. The number of hydrogen-bond acceptors (Lipinski definition) is 5. The molecular formula is C19H35ClO5. The second-order valence-corrected chi connectivity index (χ2v) is 6.96. The van der Waals surface area contributed by atoms with Crippen LogP contribution in [0.25, 0.3) is 0 Å². The molecule has 1 heterocycles. The van der Waals surface area contributed by atoms with Crippen LogP contribution >= 0.6 is 11.6 Å². The molecule has 0 aromatic carbocycles. The van der Waals surface area contributed by atoms with E-state index in [9.17, 15) is 4.79 Å². The summed E-state index contributed by atoms with van der Waals surface area (Å²) >= 11 is 5.80. The third-order valence-electron chi connectivity index (χ3n) is 4.41. The van der Waals surface area contributed by atoms with Crippen LogP contribution in [0.5, 0.6) is 0 Å². The van der Waals surface area contributed by atoms with Gasteiger partial charge in [-0.2, -0.15) is 0 Å². The molecule has 0 aromatic heterocycles. The largest absolute Gasteiger partial charge is 0.379 e. The van der Waals surface area contributed by atoms with Crippen molar-refractivity contribution in [2.75, 3.05) is 33.0 Å². The van der Waals surface area contributed by atoms with Crippen molar-refractivity contribution in [2.45, 2.75) is 77.6 Å². The minimum Gasteiger partial charge on any atom is -0.379 e. The molecule has 1 aliphatic rings. The first-order valence-electron chi connectivity index (χ1n) is 9.77. The fourth-order valence-electron chi connectivity index (χ4n) is 2.78. The molecule has 148 valence electrons. The maximum Gasteiger partial charge on any atom is 0.229 e. The highest BCUT2D eigenvalue weighted by molar-refractivity contribution is 6.64. The molecule has 1 aliphatic heterocycles. The highest BCUT2D eigenvalue weighted by Crippen LogP contribution is 2.28. The van der Waals surface area contributed by atoms with Crippen molar-refractivity contribution in [3.63, 3.8) is 0 Å². The number of halogens is 1. The van der Waals surface area contributed by atoms with E-state index in [2.05, 4.69) is 20.8 Å². The van der Waals surface area contributed by atoms with E-state index in [-0.39, 0.29) is 24.9 Å². The lowest BCUT2D eigenvalue weighted by molar-refractivity contribution is -0.210. The predicted molar refractivity (Wildman–Crippen MR) is 99.1 cm³/mol. The van der Waals surface area contributed by atoms with Crippen molar-refractivity contribution >= 4 is 16.8 Å². The predicted octanol–water partition coefficient (Wildman–Crippen LogP) is 3.95. The first kappa shape index (κ1) is 22.8. The van der Waals surface area contributed by atoms with Gasteiger partial charge < -0.3 is 18.9 Å². The molecule has 0 aliphatic carbocycles. The van der Waals surface area contributed by atoms with Gasteiger partial charge in [-0.05, 0) is 30.9 Å². The minimum atomic E-state index is -0.489. The summed E-state index contributed by atoms with van der Waals surface area (Å²) in [5, 5.41) is -0.420. The van der Waals surface area contributed by atoms with Gasteiger partial charge in [0.15, 0.2) is 0 Å². The lowest BCUT2D eigenvalue weighted by Crippen LogP contribution is -2.55. The van der Waals surface area contributed by atoms with Crippen molar-refractivity contribution in [3.05, 3.63) is 0 Å². The molecule has 1 saturated heterocycles. The van der Waals surface area contributed by atoms with Crippen LogP contribution < -0.4 is 0 Å². The van der Waals surface area contributed by atoms with Crippen LogP contribution in [0.3, 0.4) is 0 Å². The molecule has 6 heteroatoms. The van der Waals surface area contributed by atoms with Crippen LogP contribution in [-0.4, -0.2) is 56.6 Å². The highest BCUT2D eigenvalue weighted by Gasteiger charge is 2.44. The van der Waals surface area contributed by atoms with Gasteiger partial charge in [0.25, 0.3) is 0 Å². The Morgan fingerprint density at radius 2 is 1.52 bits per heavy atom. The van der Waals surface area contributed by atoms with Gasteiger partial charge in [-0.1, -0.05) is 40.0 Å². The summed E-state index contributed by atoms with van der Waals surface area (Å²) in [7, 11) is 0. The smallest absolute Gasteiger partial charge is 0.229 e. The van der Waals surface area contributed by atoms with Gasteiger partial charge in [0.1, 0.15) is 12.2 Å². The van der Waals surface area contributed by atoms with E-state index >= 15 is 0 Å². The average Bonchev–Trinajstić information content (AvgIpc) is 2.60. The Morgan fingerprint density at radius 1 is 0.960 bits per heavy atom. The van der Waals surface area contributed by atoms with Crippen LogP contribution in [0.4, 0.5) is 0 Å². The van der Waals surface area contributed by atoms with Crippen LogP contribution in [0, 0.1) is 5.92 Å². The Kier molecular flexibility index (Phi) is 12.7. The zero-order valence-corrected chi connectivity index (χ0v) is 16.8. The van der Waals surface area contributed by atoms with Gasteiger partial charge in [0, 0.05) is 19.8 Å². The number of ether oxygens (including phenoxy) is 4. The number of hydrogen-bond donors (Lipinski definition) is 0. The molecule has 5 nitrogen and oxygen atoms in total. The molecule has 0 amide bonds. The Bertz CT molecular complexity index is 353. The highest BCUT2D eigenvalue weighted by atomic mass is 35.5. The third-order valence-corrected chi connectivity index (χ3v) is 4.69. The molecule has 4 atom stereocenters. The topological polar surface area (TPSA) is 54.0 Å². The van der Waals surface area contributed by atoms with Gasteiger partial charge in [0.2, 0.25) is 5.24 Å². The standard InChI is InChI=1S/C19H35ClO5/c1-4-7-10-22-14-16-18(24-12-9-6-3)17(23-11-8-5-2)15(13-25-16)19(20)21/h15-18H,4-14H2,1-3H3/t15-,16-,17-,18+/m1/s1. The monoisotopic (exact) mass is 378 g/mol. The third kappa shape index (κ3) is 8.35. The Balaban J connectivity index is 2.75. The van der Waals surface area contributed by atoms with E-state index in [4.69, 9.17) is 30.5 Å². The normalized spacial score (nSPS) is 26.7. The number of unbranched alkanes of at least 4 members (excludes halogenated alkanes) is 3. The van der Waals surface area contributed by atoms with E-state index in [0.717, 1.165) is 38.5 Å². The fourth-order valence-corrected chi connectivity index (χ4v) is 2.97. The van der Waals surface area contributed by atoms with Gasteiger partial charge >= 0.3 is 0 Å². The number of carbonyl (C=O) groups is 1. The molecular weight excluding hydrogens is 344 g/mol. The van der Waals surface area contributed by atoms with Crippen molar-refractivity contribution in [3.8, 4) is 0 Å². The maximum atomic E-state index is 11.8. The quantitative estimate of drug-likeness (QED) is 0.338. The summed E-state index contributed by atoms with van der Waals surface area (Å²) in [4.78, 5) is 11.8. The molecule has 0 saturated carbocycles. The zero-order valence-electron chi connectivity index (χ0n) is 16.0. The Labute approximate surface area is 157 Å². The zero-order chi connectivity index (χ0) is 18.5. The Morgan fingerprint density at radius 3 is 2.08 bits per heavy atom. The summed E-state index contributed by atoms with van der Waals surface area (Å²) in [5.41, 5.74) is 0. The summed E-state index contributed by atoms with van der Waals surface area (Å²) < 4.78 is 23.7. The second kappa shape index (κ2) is 13.9. The van der Waals surface area contributed by atoms with Gasteiger partial charge in [-0.15, -0.1) is 0 Å². The average molecular weight is 379 g/mol. The van der Waals surface area contributed by atoms with Crippen LogP contribution in [0.15, 0.2) is 0 Å². The molecule has 0 N–H and O–H groups in total. The Hall–Kier alpha value is -0.200. The molecule has 1 rings (SSSR count). The first-order valence-corrected chi connectivity index (χ1v) is 10.1. The molecule has 0 spiro atoms. The van der Waals surface area contributed by atoms with E-state index in [1.54, 1.807) is 0 Å². The van der Waals surface area contributed by atoms with Crippen molar-refractivity contribution < 1.29 is 23.7 Å².